The highest BCUT2D eigenvalue weighted by Crippen LogP contribution is 2.33. The Labute approximate surface area is 179 Å². The van der Waals surface area contributed by atoms with E-state index in [0.717, 1.165) is 24.9 Å². The molecule has 0 aliphatic carbocycles. The van der Waals surface area contributed by atoms with Gasteiger partial charge in [-0.2, -0.15) is 4.98 Å². The maximum Gasteiger partial charge on any atom is 0.335 e. The summed E-state index contributed by atoms with van der Waals surface area (Å²) in [6.45, 7) is 2.54. The third-order valence-electron chi connectivity index (χ3n) is 5.19. The summed E-state index contributed by atoms with van der Waals surface area (Å²) in [5, 5.41) is 13.2. The number of ether oxygens (including phenoxy) is 2. The van der Waals surface area contributed by atoms with E-state index < -0.39 is 5.97 Å². The number of carbonyl (C=O) groups is 1. The summed E-state index contributed by atoms with van der Waals surface area (Å²) in [5.74, 6) is 0.721. The monoisotopic (exact) mass is 424 g/mol. The van der Waals surface area contributed by atoms with Gasteiger partial charge >= 0.3 is 5.97 Å². The van der Waals surface area contributed by atoms with Gasteiger partial charge in [0.15, 0.2) is 0 Å². The molecule has 9 nitrogen and oxygen atoms in total. The van der Waals surface area contributed by atoms with Crippen LogP contribution < -0.4 is 4.74 Å². The van der Waals surface area contributed by atoms with E-state index in [0.29, 0.717) is 42.9 Å². The topological polar surface area (TPSA) is 111 Å². The van der Waals surface area contributed by atoms with Gasteiger partial charge in [-0.25, -0.2) is 4.79 Å². The molecule has 2 aromatic heterocycles. The standard InChI is InChI=1S/C22H24N4O5/c1-29-11-12-30-17-8-9-23-18(13-17)20-24-21(31-25-20)19-3-2-10-26(19)14-15-4-6-16(7-5-15)22(27)28/h4-9,13,19H,2-3,10-12,14H2,1H3,(H,27,28). The average Bonchev–Trinajstić information content (AvgIpc) is 3.44. The third-order valence-corrected chi connectivity index (χ3v) is 5.19. The predicted octanol–water partition coefficient (Wildman–Crippen LogP) is 3.19. The minimum absolute atomic E-state index is 0.0153. The number of aromatic nitrogens is 3. The minimum Gasteiger partial charge on any atom is -0.491 e. The van der Waals surface area contributed by atoms with Crippen LogP contribution in [0.1, 0.15) is 40.7 Å². The van der Waals surface area contributed by atoms with E-state index in [1.54, 1.807) is 37.6 Å². The van der Waals surface area contributed by atoms with Crippen LogP contribution in [0.4, 0.5) is 0 Å². The molecule has 31 heavy (non-hydrogen) atoms. The molecule has 4 rings (SSSR count). The smallest absolute Gasteiger partial charge is 0.335 e. The molecule has 1 aliphatic rings. The fourth-order valence-electron chi connectivity index (χ4n) is 3.62. The molecule has 1 fully saturated rings. The maximum atomic E-state index is 11.0. The summed E-state index contributed by atoms with van der Waals surface area (Å²) < 4.78 is 16.2. The summed E-state index contributed by atoms with van der Waals surface area (Å²) in [7, 11) is 1.62. The van der Waals surface area contributed by atoms with Crippen molar-refractivity contribution in [3.63, 3.8) is 0 Å². The second-order valence-corrected chi connectivity index (χ2v) is 7.30. The van der Waals surface area contributed by atoms with Crippen molar-refractivity contribution in [2.75, 3.05) is 26.9 Å². The van der Waals surface area contributed by atoms with Gasteiger partial charge in [0.2, 0.25) is 11.7 Å². The zero-order valence-electron chi connectivity index (χ0n) is 17.2. The van der Waals surface area contributed by atoms with E-state index >= 15 is 0 Å². The second-order valence-electron chi connectivity index (χ2n) is 7.30. The molecular weight excluding hydrogens is 400 g/mol. The zero-order valence-corrected chi connectivity index (χ0v) is 17.2. The number of pyridine rings is 1. The van der Waals surface area contributed by atoms with Crippen LogP contribution in [0, 0.1) is 0 Å². The van der Waals surface area contributed by atoms with Crippen LogP contribution in [-0.2, 0) is 11.3 Å². The van der Waals surface area contributed by atoms with Gasteiger partial charge in [0.25, 0.3) is 0 Å². The van der Waals surface area contributed by atoms with Gasteiger partial charge in [0, 0.05) is 25.9 Å². The van der Waals surface area contributed by atoms with Gasteiger partial charge in [0.1, 0.15) is 18.1 Å². The maximum absolute atomic E-state index is 11.0. The molecule has 3 heterocycles. The molecule has 1 aliphatic heterocycles. The number of carboxylic acid groups (broad SMARTS) is 1. The first-order chi connectivity index (χ1) is 15.1. The van der Waals surface area contributed by atoms with Crippen LogP contribution in [0.2, 0.25) is 0 Å². The molecule has 162 valence electrons. The van der Waals surface area contributed by atoms with Gasteiger partial charge in [-0.1, -0.05) is 17.3 Å². The van der Waals surface area contributed by atoms with Crippen molar-refractivity contribution >= 4 is 5.97 Å². The molecule has 0 spiro atoms. The van der Waals surface area contributed by atoms with E-state index in [4.69, 9.17) is 19.1 Å². The summed E-state index contributed by atoms with van der Waals surface area (Å²) in [4.78, 5) is 22.2. The molecule has 1 N–H and O–H groups in total. The molecule has 1 aromatic carbocycles. The van der Waals surface area contributed by atoms with Crippen molar-refractivity contribution in [2.24, 2.45) is 0 Å². The Morgan fingerprint density at radius 2 is 2.10 bits per heavy atom. The van der Waals surface area contributed by atoms with E-state index in [2.05, 4.69) is 20.0 Å². The normalized spacial score (nSPS) is 16.5. The quantitative estimate of drug-likeness (QED) is 0.518. The highest BCUT2D eigenvalue weighted by atomic mass is 16.5. The Morgan fingerprint density at radius 1 is 1.26 bits per heavy atom. The molecule has 1 atom stereocenters. The number of likely N-dealkylation sites (tertiary alicyclic amines) is 1. The number of carboxylic acids is 1. The van der Waals surface area contributed by atoms with Crippen LogP contribution in [0.3, 0.4) is 0 Å². The lowest BCUT2D eigenvalue weighted by Crippen LogP contribution is -2.23. The van der Waals surface area contributed by atoms with Crippen molar-refractivity contribution in [1.82, 2.24) is 20.0 Å². The fourth-order valence-corrected chi connectivity index (χ4v) is 3.62. The predicted molar refractivity (Wildman–Crippen MR) is 111 cm³/mol. The molecule has 9 heteroatoms. The molecule has 1 saturated heterocycles. The molecule has 1 unspecified atom stereocenters. The summed E-state index contributed by atoms with van der Waals surface area (Å²) in [6.07, 6.45) is 3.59. The number of hydrogen-bond donors (Lipinski definition) is 1. The van der Waals surface area contributed by atoms with Gasteiger partial charge in [-0.05, 0) is 43.1 Å². The lowest BCUT2D eigenvalue weighted by molar-refractivity contribution is 0.0697. The largest absolute Gasteiger partial charge is 0.491 e. The van der Waals surface area contributed by atoms with Gasteiger partial charge < -0.3 is 19.1 Å². The molecular formula is C22H24N4O5. The highest BCUT2D eigenvalue weighted by molar-refractivity contribution is 5.87. The molecule has 3 aromatic rings. The fraction of sp³-hybridized carbons (Fsp3) is 0.364. The Hall–Kier alpha value is -3.30. The summed E-state index contributed by atoms with van der Waals surface area (Å²) in [5.41, 5.74) is 1.90. The third kappa shape index (κ3) is 5.07. The zero-order chi connectivity index (χ0) is 21.6. The van der Waals surface area contributed by atoms with E-state index in [-0.39, 0.29) is 11.6 Å². The molecule has 0 amide bonds. The lowest BCUT2D eigenvalue weighted by Gasteiger charge is -2.21. The number of methoxy groups -OCH3 is 1. The average molecular weight is 424 g/mol. The Balaban J connectivity index is 1.45. The van der Waals surface area contributed by atoms with Crippen LogP contribution >= 0.6 is 0 Å². The first-order valence-electron chi connectivity index (χ1n) is 10.1. The number of rotatable bonds is 9. The number of hydrogen-bond acceptors (Lipinski definition) is 8. The molecule has 0 bridgehead atoms. The number of nitrogens with zero attached hydrogens (tertiary/aromatic N) is 4. The first kappa shape index (κ1) is 21.0. The van der Waals surface area contributed by atoms with Crippen molar-refractivity contribution in [1.29, 1.82) is 0 Å². The van der Waals surface area contributed by atoms with Gasteiger partial charge in [0.05, 0.1) is 18.2 Å². The summed E-state index contributed by atoms with van der Waals surface area (Å²) >= 11 is 0. The van der Waals surface area contributed by atoms with Crippen LogP contribution in [-0.4, -0.2) is 58.0 Å². The van der Waals surface area contributed by atoms with Gasteiger partial charge in [-0.3, -0.25) is 9.88 Å². The highest BCUT2D eigenvalue weighted by Gasteiger charge is 2.31. The molecule has 0 radical (unpaired) electrons. The van der Waals surface area contributed by atoms with Crippen LogP contribution in [0.15, 0.2) is 47.1 Å². The van der Waals surface area contributed by atoms with E-state index in [1.807, 2.05) is 12.1 Å². The summed E-state index contributed by atoms with van der Waals surface area (Å²) in [6, 6.07) is 10.5. The van der Waals surface area contributed by atoms with Crippen molar-refractivity contribution in [3.05, 3.63) is 59.6 Å². The van der Waals surface area contributed by atoms with Crippen LogP contribution in [0.5, 0.6) is 5.75 Å². The number of aromatic carboxylic acids is 1. The Kier molecular flexibility index (Phi) is 6.54. The SMILES string of the molecule is COCCOc1ccnc(-c2noc(C3CCCN3Cc3ccc(C(=O)O)cc3)n2)c1. The van der Waals surface area contributed by atoms with Crippen molar-refractivity contribution in [3.8, 4) is 17.3 Å². The van der Waals surface area contributed by atoms with E-state index in [1.165, 1.54) is 0 Å². The first-order valence-corrected chi connectivity index (χ1v) is 10.1. The number of benzene rings is 1. The molecule has 0 saturated carbocycles. The Bertz CT molecular complexity index is 1020. The lowest BCUT2D eigenvalue weighted by atomic mass is 10.1. The van der Waals surface area contributed by atoms with Crippen LogP contribution in [0.25, 0.3) is 11.5 Å². The second kappa shape index (κ2) is 9.67. The van der Waals surface area contributed by atoms with E-state index in [9.17, 15) is 4.79 Å². The minimum atomic E-state index is -0.925. The van der Waals surface area contributed by atoms with Gasteiger partial charge in [-0.15, -0.1) is 0 Å². The Morgan fingerprint density at radius 3 is 2.87 bits per heavy atom. The van der Waals surface area contributed by atoms with Crippen molar-refractivity contribution in [2.45, 2.75) is 25.4 Å². The van der Waals surface area contributed by atoms with Crippen molar-refractivity contribution < 1.29 is 23.9 Å².